The summed E-state index contributed by atoms with van der Waals surface area (Å²) in [6.07, 6.45) is 15.6. The van der Waals surface area contributed by atoms with Gasteiger partial charge in [-0.2, -0.15) is 0 Å². The molecule has 3 heteroatoms. The summed E-state index contributed by atoms with van der Waals surface area (Å²) in [5.74, 6) is 0.434. The fraction of sp³-hybridized carbons (Fsp3) is 0.393. The van der Waals surface area contributed by atoms with Crippen molar-refractivity contribution >= 4 is 5.97 Å². The molecule has 0 amide bonds. The van der Waals surface area contributed by atoms with Gasteiger partial charge in [0.05, 0.1) is 7.11 Å². The average molecular weight is 421 g/mol. The summed E-state index contributed by atoms with van der Waals surface area (Å²) >= 11 is 0. The van der Waals surface area contributed by atoms with E-state index >= 15 is 0 Å². The predicted octanol–water partition coefficient (Wildman–Crippen LogP) is 7.27. The monoisotopic (exact) mass is 420 g/mol. The lowest BCUT2D eigenvalue weighted by Crippen LogP contribution is -2.19. The van der Waals surface area contributed by atoms with Crippen molar-refractivity contribution < 1.29 is 14.3 Å². The van der Waals surface area contributed by atoms with E-state index in [4.69, 9.17) is 9.47 Å². The molecule has 1 aliphatic rings. The minimum absolute atomic E-state index is 0.242. The standard InChI is InChI=1S/C28H36O3/c1-21(12-17-26-23(3)11-8-18-28(26,4)5)9-7-10-22(2)19-27(29)31-20-24-13-15-25(30-6)16-14-24/h7,9-10,12-17,19H,8,11,18,20H2,1-6H3/b10-7+,17-12+,21-9+,22-19+. The number of esters is 1. The molecule has 0 bridgehead atoms. The van der Waals surface area contributed by atoms with Crippen molar-refractivity contribution in [1.82, 2.24) is 0 Å². The summed E-state index contributed by atoms with van der Waals surface area (Å²) in [5.41, 5.74) is 6.16. The first-order valence-corrected chi connectivity index (χ1v) is 10.9. The van der Waals surface area contributed by atoms with Crippen LogP contribution in [0.2, 0.25) is 0 Å². The van der Waals surface area contributed by atoms with Gasteiger partial charge in [-0.05, 0) is 74.3 Å². The summed E-state index contributed by atoms with van der Waals surface area (Å²) in [7, 11) is 1.62. The van der Waals surface area contributed by atoms with Crippen molar-refractivity contribution in [2.75, 3.05) is 7.11 Å². The molecule has 0 aliphatic heterocycles. The van der Waals surface area contributed by atoms with E-state index in [-0.39, 0.29) is 18.0 Å². The molecule has 0 saturated carbocycles. The molecule has 1 aromatic rings. The summed E-state index contributed by atoms with van der Waals surface area (Å²) < 4.78 is 10.4. The summed E-state index contributed by atoms with van der Waals surface area (Å²) in [5, 5.41) is 0. The Morgan fingerprint density at radius 2 is 1.81 bits per heavy atom. The van der Waals surface area contributed by atoms with E-state index in [0.29, 0.717) is 0 Å². The number of rotatable bonds is 8. The maximum absolute atomic E-state index is 12.0. The Morgan fingerprint density at radius 1 is 1.10 bits per heavy atom. The zero-order valence-electron chi connectivity index (χ0n) is 19.8. The largest absolute Gasteiger partial charge is 0.497 e. The van der Waals surface area contributed by atoms with Crippen LogP contribution < -0.4 is 4.74 Å². The Kier molecular flexibility index (Phi) is 9.11. The molecule has 0 spiro atoms. The van der Waals surface area contributed by atoms with Crippen LogP contribution in [0.4, 0.5) is 0 Å². The van der Waals surface area contributed by atoms with E-state index in [2.05, 4.69) is 45.9 Å². The number of ether oxygens (including phenoxy) is 2. The van der Waals surface area contributed by atoms with E-state index in [1.54, 1.807) is 7.11 Å². The molecule has 0 aromatic heterocycles. The molecule has 0 radical (unpaired) electrons. The number of allylic oxidation sites excluding steroid dienone is 9. The Bertz CT molecular complexity index is 906. The first-order chi connectivity index (χ1) is 14.7. The lowest BCUT2D eigenvalue weighted by molar-refractivity contribution is -0.139. The van der Waals surface area contributed by atoms with Crippen molar-refractivity contribution in [2.45, 2.75) is 60.5 Å². The van der Waals surface area contributed by atoms with Crippen molar-refractivity contribution in [2.24, 2.45) is 5.41 Å². The number of hydrogen-bond donors (Lipinski definition) is 0. The lowest BCUT2D eigenvalue weighted by atomic mass is 9.72. The number of methoxy groups -OCH3 is 1. The fourth-order valence-corrected chi connectivity index (χ4v) is 3.78. The van der Waals surface area contributed by atoms with E-state index in [9.17, 15) is 4.79 Å². The van der Waals surface area contributed by atoms with Gasteiger partial charge in [0.15, 0.2) is 0 Å². The van der Waals surface area contributed by atoms with E-state index in [1.165, 1.54) is 42.1 Å². The van der Waals surface area contributed by atoms with Crippen LogP contribution in [0.15, 0.2) is 83.0 Å². The van der Waals surface area contributed by atoms with E-state index in [0.717, 1.165) is 16.9 Å². The second-order valence-corrected chi connectivity index (χ2v) is 8.88. The summed E-state index contributed by atoms with van der Waals surface area (Å²) in [6, 6.07) is 7.47. The molecule has 0 unspecified atom stereocenters. The quantitative estimate of drug-likeness (QED) is 0.252. The topological polar surface area (TPSA) is 35.5 Å². The van der Waals surface area contributed by atoms with Crippen molar-refractivity contribution in [3.63, 3.8) is 0 Å². The van der Waals surface area contributed by atoms with Gasteiger partial charge in [-0.15, -0.1) is 0 Å². The number of carbonyl (C=O) groups excluding carboxylic acids is 1. The zero-order chi connectivity index (χ0) is 22.9. The van der Waals surface area contributed by atoms with Gasteiger partial charge >= 0.3 is 5.97 Å². The van der Waals surface area contributed by atoms with Crippen molar-refractivity contribution in [3.8, 4) is 5.75 Å². The van der Waals surface area contributed by atoms with Crippen LogP contribution in [-0.4, -0.2) is 13.1 Å². The van der Waals surface area contributed by atoms with Gasteiger partial charge in [-0.1, -0.05) is 67.5 Å². The smallest absolute Gasteiger partial charge is 0.331 e. The van der Waals surface area contributed by atoms with E-state index < -0.39 is 0 Å². The Hall–Kier alpha value is -2.81. The van der Waals surface area contributed by atoms with Crippen LogP contribution in [0.3, 0.4) is 0 Å². The maximum atomic E-state index is 12.0. The normalized spacial score (nSPS) is 17.5. The van der Waals surface area contributed by atoms with Gasteiger partial charge in [-0.3, -0.25) is 0 Å². The highest BCUT2D eigenvalue weighted by Gasteiger charge is 2.26. The molecule has 3 nitrogen and oxygen atoms in total. The van der Waals surface area contributed by atoms with Crippen LogP contribution in [0.1, 0.15) is 59.4 Å². The van der Waals surface area contributed by atoms with Crippen molar-refractivity contribution in [1.29, 1.82) is 0 Å². The molecule has 2 rings (SSSR count). The average Bonchev–Trinajstić information content (AvgIpc) is 2.71. The highest BCUT2D eigenvalue weighted by molar-refractivity contribution is 5.83. The van der Waals surface area contributed by atoms with Crippen LogP contribution in [0, 0.1) is 5.41 Å². The third-order valence-corrected chi connectivity index (χ3v) is 5.66. The first kappa shape index (κ1) is 24.5. The minimum atomic E-state index is -0.347. The molecule has 166 valence electrons. The zero-order valence-corrected chi connectivity index (χ0v) is 19.8. The number of hydrogen-bond acceptors (Lipinski definition) is 3. The van der Waals surface area contributed by atoms with Gasteiger partial charge < -0.3 is 9.47 Å². The molecule has 0 heterocycles. The lowest BCUT2D eigenvalue weighted by Gasteiger charge is -2.32. The molecule has 31 heavy (non-hydrogen) atoms. The van der Waals surface area contributed by atoms with Gasteiger partial charge in [0.25, 0.3) is 0 Å². The Morgan fingerprint density at radius 3 is 2.45 bits per heavy atom. The number of benzene rings is 1. The van der Waals surface area contributed by atoms with Gasteiger partial charge in [0, 0.05) is 6.08 Å². The molecular weight excluding hydrogens is 384 g/mol. The van der Waals surface area contributed by atoms with Gasteiger partial charge in [-0.25, -0.2) is 4.79 Å². The van der Waals surface area contributed by atoms with E-state index in [1.807, 2.05) is 43.3 Å². The Labute approximate surface area is 187 Å². The predicted molar refractivity (Wildman–Crippen MR) is 129 cm³/mol. The molecule has 0 fully saturated rings. The molecule has 1 aromatic carbocycles. The molecule has 0 atom stereocenters. The van der Waals surface area contributed by atoms with Crippen LogP contribution >= 0.6 is 0 Å². The van der Waals surface area contributed by atoms with Crippen LogP contribution in [0.5, 0.6) is 5.75 Å². The third-order valence-electron chi connectivity index (χ3n) is 5.66. The molecule has 0 N–H and O–H groups in total. The van der Waals surface area contributed by atoms with Crippen molar-refractivity contribution in [3.05, 3.63) is 88.6 Å². The summed E-state index contributed by atoms with van der Waals surface area (Å²) in [4.78, 5) is 12.0. The minimum Gasteiger partial charge on any atom is -0.497 e. The SMILES string of the molecule is COc1ccc(COC(=O)/C=C(C)/C=C/C=C(C)/C=C/C2=C(C)CCCC2(C)C)cc1. The fourth-order valence-electron chi connectivity index (χ4n) is 3.78. The van der Waals surface area contributed by atoms with Crippen LogP contribution in [0.25, 0.3) is 0 Å². The summed E-state index contributed by atoms with van der Waals surface area (Å²) in [6.45, 7) is 11.1. The first-order valence-electron chi connectivity index (χ1n) is 10.9. The molecule has 0 saturated heterocycles. The number of carbonyl (C=O) groups is 1. The second-order valence-electron chi connectivity index (χ2n) is 8.88. The van der Waals surface area contributed by atoms with Crippen LogP contribution in [-0.2, 0) is 16.1 Å². The molecule has 1 aliphatic carbocycles. The highest BCUT2D eigenvalue weighted by atomic mass is 16.5. The highest BCUT2D eigenvalue weighted by Crippen LogP contribution is 2.40. The molecular formula is C28H36O3. The maximum Gasteiger partial charge on any atom is 0.331 e. The second kappa shape index (κ2) is 11.5. The van der Waals surface area contributed by atoms with Gasteiger partial charge in [0.2, 0.25) is 0 Å². The van der Waals surface area contributed by atoms with Gasteiger partial charge in [0.1, 0.15) is 12.4 Å². The third kappa shape index (κ3) is 8.09. The Balaban J connectivity index is 1.88.